The lowest BCUT2D eigenvalue weighted by Gasteiger charge is -2.10. The fourth-order valence-electron chi connectivity index (χ4n) is 1.83. The van der Waals surface area contributed by atoms with Crippen LogP contribution >= 0.6 is 0 Å². The minimum Gasteiger partial charge on any atom is -0.394 e. The van der Waals surface area contributed by atoms with Gasteiger partial charge in [-0.15, -0.1) is 0 Å². The van der Waals surface area contributed by atoms with Crippen molar-refractivity contribution >= 4 is 5.69 Å². The first-order chi connectivity index (χ1) is 9.19. The van der Waals surface area contributed by atoms with Gasteiger partial charge in [-0.05, 0) is 30.2 Å². The van der Waals surface area contributed by atoms with Crippen molar-refractivity contribution in [1.82, 2.24) is 0 Å². The molecule has 0 aromatic heterocycles. The fraction of sp³-hybridized carbons (Fsp3) is 0.250. The summed E-state index contributed by atoms with van der Waals surface area (Å²) >= 11 is 0. The lowest BCUT2D eigenvalue weighted by Crippen LogP contribution is -2.22. The Bertz CT molecular complexity index is 505. The normalized spacial score (nSPS) is 12.2. The van der Waals surface area contributed by atoms with E-state index in [0.29, 0.717) is 6.54 Å². The molecule has 19 heavy (non-hydrogen) atoms. The fourth-order valence-corrected chi connectivity index (χ4v) is 1.83. The van der Waals surface area contributed by atoms with Gasteiger partial charge in [-0.1, -0.05) is 42.0 Å². The highest BCUT2D eigenvalue weighted by Gasteiger charge is 2.02. The van der Waals surface area contributed by atoms with Crippen LogP contribution in [0.15, 0.2) is 48.5 Å². The SMILES string of the molecule is Cc1ccc(-c2ccc(NCC(O)CO)cc2)cc1. The molecular weight excluding hydrogens is 238 g/mol. The molecule has 0 spiro atoms. The second kappa shape index (κ2) is 6.36. The van der Waals surface area contributed by atoms with E-state index in [-0.39, 0.29) is 6.61 Å². The maximum Gasteiger partial charge on any atom is 0.0942 e. The van der Waals surface area contributed by atoms with Gasteiger partial charge in [0.05, 0.1) is 12.7 Å². The Morgan fingerprint density at radius 1 is 0.947 bits per heavy atom. The number of aryl methyl sites for hydroxylation is 1. The number of aliphatic hydroxyl groups excluding tert-OH is 2. The van der Waals surface area contributed by atoms with Crippen LogP contribution in [0.1, 0.15) is 5.56 Å². The van der Waals surface area contributed by atoms with E-state index in [2.05, 4.69) is 36.5 Å². The second-order valence-electron chi connectivity index (χ2n) is 4.66. The number of benzene rings is 2. The van der Waals surface area contributed by atoms with Crippen LogP contribution in [0.4, 0.5) is 5.69 Å². The summed E-state index contributed by atoms with van der Waals surface area (Å²) in [6, 6.07) is 16.4. The van der Waals surface area contributed by atoms with Gasteiger partial charge in [0.25, 0.3) is 0 Å². The van der Waals surface area contributed by atoms with Gasteiger partial charge < -0.3 is 15.5 Å². The third-order valence-electron chi connectivity index (χ3n) is 3.02. The molecular formula is C16H19NO2. The largest absolute Gasteiger partial charge is 0.394 e. The molecule has 0 aliphatic rings. The van der Waals surface area contributed by atoms with Crippen LogP contribution < -0.4 is 5.32 Å². The van der Waals surface area contributed by atoms with Gasteiger partial charge in [0.15, 0.2) is 0 Å². The average Bonchev–Trinajstić information content (AvgIpc) is 2.46. The van der Waals surface area contributed by atoms with Crippen molar-refractivity contribution in [2.24, 2.45) is 0 Å². The van der Waals surface area contributed by atoms with Crippen molar-refractivity contribution in [3.63, 3.8) is 0 Å². The third-order valence-corrected chi connectivity index (χ3v) is 3.02. The van der Waals surface area contributed by atoms with E-state index in [1.54, 1.807) is 0 Å². The van der Waals surface area contributed by atoms with Crippen LogP contribution in [-0.4, -0.2) is 29.5 Å². The number of rotatable bonds is 5. The maximum atomic E-state index is 9.27. The predicted molar refractivity (Wildman–Crippen MR) is 78.2 cm³/mol. The molecule has 0 saturated carbocycles. The van der Waals surface area contributed by atoms with Crippen LogP contribution in [0, 0.1) is 6.92 Å². The van der Waals surface area contributed by atoms with Gasteiger partial charge in [0.1, 0.15) is 0 Å². The average molecular weight is 257 g/mol. The number of hydrogen-bond donors (Lipinski definition) is 3. The predicted octanol–water partition coefficient (Wildman–Crippen LogP) is 2.43. The van der Waals surface area contributed by atoms with Crippen molar-refractivity contribution < 1.29 is 10.2 Å². The first-order valence-electron chi connectivity index (χ1n) is 6.39. The van der Waals surface area contributed by atoms with Crippen LogP contribution in [0.5, 0.6) is 0 Å². The summed E-state index contributed by atoms with van der Waals surface area (Å²) in [6.07, 6.45) is -0.725. The zero-order valence-electron chi connectivity index (χ0n) is 11.0. The molecule has 0 bridgehead atoms. The van der Waals surface area contributed by atoms with Crippen molar-refractivity contribution in [2.75, 3.05) is 18.5 Å². The summed E-state index contributed by atoms with van der Waals surface area (Å²) in [6.45, 7) is 2.19. The highest BCUT2D eigenvalue weighted by atomic mass is 16.3. The lowest BCUT2D eigenvalue weighted by molar-refractivity contribution is 0.105. The molecule has 3 nitrogen and oxygen atoms in total. The number of anilines is 1. The van der Waals surface area contributed by atoms with Crippen LogP contribution in [0.25, 0.3) is 11.1 Å². The summed E-state index contributed by atoms with van der Waals surface area (Å²) in [5.74, 6) is 0. The Labute approximate surface area is 113 Å². The van der Waals surface area contributed by atoms with Gasteiger partial charge in [-0.25, -0.2) is 0 Å². The van der Waals surface area contributed by atoms with E-state index in [4.69, 9.17) is 5.11 Å². The Hall–Kier alpha value is -1.84. The Kier molecular flexibility index (Phi) is 4.55. The van der Waals surface area contributed by atoms with Crippen LogP contribution in [-0.2, 0) is 0 Å². The first-order valence-corrected chi connectivity index (χ1v) is 6.39. The molecule has 3 N–H and O–H groups in total. The van der Waals surface area contributed by atoms with E-state index in [0.717, 1.165) is 11.3 Å². The van der Waals surface area contributed by atoms with Crippen molar-refractivity contribution in [3.8, 4) is 11.1 Å². The second-order valence-corrected chi connectivity index (χ2v) is 4.66. The molecule has 1 unspecified atom stereocenters. The van der Waals surface area contributed by atoms with Crippen LogP contribution in [0.2, 0.25) is 0 Å². The zero-order valence-corrected chi connectivity index (χ0v) is 11.0. The molecule has 0 amide bonds. The highest BCUT2D eigenvalue weighted by Crippen LogP contribution is 2.21. The summed E-state index contributed by atoms with van der Waals surface area (Å²) in [5.41, 5.74) is 4.53. The van der Waals surface area contributed by atoms with Crippen molar-refractivity contribution in [1.29, 1.82) is 0 Å². The van der Waals surface area contributed by atoms with E-state index in [1.165, 1.54) is 11.1 Å². The van der Waals surface area contributed by atoms with Crippen molar-refractivity contribution in [3.05, 3.63) is 54.1 Å². The van der Waals surface area contributed by atoms with Crippen LogP contribution in [0.3, 0.4) is 0 Å². The molecule has 2 aromatic rings. The molecule has 0 radical (unpaired) electrons. The minimum absolute atomic E-state index is 0.228. The van der Waals surface area contributed by atoms with Gasteiger partial charge >= 0.3 is 0 Å². The van der Waals surface area contributed by atoms with E-state index < -0.39 is 6.10 Å². The first kappa shape index (κ1) is 13.6. The molecule has 2 rings (SSSR count). The van der Waals surface area contributed by atoms with E-state index >= 15 is 0 Å². The van der Waals surface area contributed by atoms with Gasteiger partial charge in [0, 0.05) is 12.2 Å². The van der Waals surface area contributed by atoms with Gasteiger partial charge in [0.2, 0.25) is 0 Å². The summed E-state index contributed by atoms with van der Waals surface area (Å²) in [4.78, 5) is 0. The standard InChI is InChI=1S/C16H19NO2/c1-12-2-4-13(5-3-12)14-6-8-15(9-7-14)17-10-16(19)11-18/h2-9,16-19H,10-11H2,1H3. The Morgan fingerprint density at radius 3 is 2.00 bits per heavy atom. The molecule has 0 fully saturated rings. The molecule has 1 atom stereocenters. The molecule has 0 heterocycles. The number of nitrogens with one attached hydrogen (secondary N) is 1. The molecule has 100 valence electrons. The van der Waals surface area contributed by atoms with E-state index in [9.17, 15) is 5.11 Å². The molecule has 0 aliphatic heterocycles. The number of hydrogen-bond acceptors (Lipinski definition) is 3. The van der Waals surface area contributed by atoms with Gasteiger partial charge in [-0.3, -0.25) is 0 Å². The molecule has 3 heteroatoms. The summed E-state index contributed by atoms with van der Waals surface area (Å²) in [5, 5.41) is 21.1. The van der Waals surface area contributed by atoms with E-state index in [1.807, 2.05) is 24.3 Å². The summed E-state index contributed by atoms with van der Waals surface area (Å²) in [7, 11) is 0. The number of aliphatic hydroxyl groups is 2. The molecule has 0 aliphatic carbocycles. The van der Waals surface area contributed by atoms with Crippen molar-refractivity contribution in [2.45, 2.75) is 13.0 Å². The maximum absolute atomic E-state index is 9.27. The topological polar surface area (TPSA) is 52.5 Å². The monoisotopic (exact) mass is 257 g/mol. The minimum atomic E-state index is -0.725. The molecule has 0 saturated heterocycles. The summed E-state index contributed by atoms with van der Waals surface area (Å²) < 4.78 is 0. The quantitative estimate of drug-likeness (QED) is 0.771. The molecule has 2 aromatic carbocycles. The third kappa shape index (κ3) is 3.81. The Balaban J connectivity index is 2.04. The van der Waals surface area contributed by atoms with Gasteiger partial charge in [-0.2, -0.15) is 0 Å². The lowest BCUT2D eigenvalue weighted by atomic mass is 10.0. The smallest absolute Gasteiger partial charge is 0.0942 e. The Morgan fingerprint density at radius 2 is 1.47 bits per heavy atom. The zero-order chi connectivity index (χ0) is 13.7. The highest BCUT2D eigenvalue weighted by molar-refractivity contribution is 5.66.